The fourth-order valence-corrected chi connectivity index (χ4v) is 8.68. The molecular formula is C53H35N3. The fourth-order valence-electron chi connectivity index (χ4n) is 8.68. The maximum absolute atomic E-state index is 5.27. The summed E-state index contributed by atoms with van der Waals surface area (Å²) in [4.78, 5) is 15.6. The van der Waals surface area contributed by atoms with Crippen molar-refractivity contribution in [3.63, 3.8) is 0 Å². The molecule has 1 aromatic heterocycles. The smallest absolute Gasteiger partial charge is 0.164 e. The summed E-state index contributed by atoms with van der Waals surface area (Å²) in [7, 11) is 0. The first kappa shape index (κ1) is 32.2. The van der Waals surface area contributed by atoms with Gasteiger partial charge in [0.05, 0.1) is 0 Å². The predicted molar refractivity (Wildman–Crippen MR) is 235 cm³/mol. The molecule has 1 heterocycles. The topological polar surface area (TPSA) is 38.7 Å². The number of allylic oxidation sites excluding steroid dienone is 4. The maximum Gasteiger partial charge on any atom is 0.164 e. The molecule has 0 bridgehead atoms. The lowest BCUT2D eigenvalue weighted by Crippen LogP contribution is -2.01. The van der Waals surface area contributed by atoms with Crippen molar-refractivity contribution in [3.8, 4) is 45.3 Å². The van der Waals surface area contributed by atoms with Gasteiger partial charge in [-0.25, -0.2) is 15.0 Å². The molecule has 3 heteroatoms. The summed E-state index contributed by atoms with van der Waals surface area (Å²) in [6, 6.07) is 61.0. The molecule has 1 aliphatic carbocycles. The van der Waals surface area contributed by atoms with Gasteiger partial charge in [0.15, 0.2) is 17.5 Å². The van der Waals surface area contributed by atoms with Crippen molar-refractivity contribution in [1.82, 2.24) is 15.0 Å². The zero-order valence-corrected chi connectivity index (χ0v) is 30.7. The molecule has 0 saturated heterocycles. The van der Waals surface area contributed by atoms with Gasteiger partial charge in [-0.1, -0.05) is 170 Å². The van der Waals surface area contributed by atoms with Gasteiger partial charge in [0.2, 0.25) is 0 Å². The largest absolute Gasteiger partial charge is 0.208 e. The third kappa shape index (κ3) is 5.39. The summed E-state index contributed by atoms with van der Waals surface area (Å²) in [5.74, 6) is 1.97. The lowest BCUT2D eigenvalue weighted by molar-refractivity contribution is 1.05. The van der Waals surface area contributed by atoms with Gasteiger partial charge in [-0.3, -0.25) is 0 Å². The van der Waals surface area contributed by atoms with Gasteiger partial charge >= 0.3 is 0 Å². The molecule has 11 rings (SSSR count). The van der Waals surface area contributed by atoms with E-state index in [-0.39, 0.29) is 0 Å². The maximum atomic E-state index is 5.27. The quantitative estimate of drug-likeness (QED) is 0.167. The Hall–Kier alpha value is -7.23. The van der Waals surface area contributed by atoms with Crippen LogP contribution in [-0.2, 0) is 0 Å². The third-order valence-electron chi connectivity index (χ3n) is 11.4. The van der Waals surface area contributed by atoms with Crippen molar-refractivity contribution in [2.45, 2.75) is 12.8 Å². The van der Waals surface area contributed by atoms with Crippen LogP contribution in [0.4, 0.5) is 0 Å². The number of hydrogen-bond donors (Lipinski definition) is 0. The highest BCUT2D eigenvalue weighted by Gasteiger charge is 2.18. The minimum atomic E-state index is 0.655. The summed E-state index contributed by atoms with van der Waals surface area (Å²) in [5, 5.41) is 12.3. The first-order chi connectivity index (χ1) is 27.8. The molecule has 262 valence electrons. The second-order valence-electron chi connectivity index (χ2n) is 14.6. The lowest BCUT2D eigenvalue weighted by atomic mass is 9.88. The lowest BCUT2D eigenvalue weighted by Gasteiger charge is -2.16. The summed E-state index contributed by atoms with van der Waals surface area (Å²) in [5.41, 5.74) is 7.79. The molecule has 0 radical (unpaired) electrons. The van der Waals surface area contributed by atoms with E-state index in [4.69, 9.17) is 15.0 Å². The summed E-state index contributed by atoms with van der Waals surface area (Å²) >= 11 is 0. The van der Waals surface area contributed by atoms with Crippen LogP contribution in [0.15, 0.2) is 188 Å². The monoisotopic (exact) mass is 713 g/mol. The van der Waals surface area contributed by atoms with E-state index in [1.807, 2.05) is 18.2 Å². The molecule has 1 aliphatic rings. The van der Waals surface area contributed by atoms with Crippen LogP contribution in [-0.4, -0.2) is 15.0 Å². The Labute approximate surface area is 325 Å². The Bertz CT molecular complexity index is 3210. The molecule has 0 unspecified atom stereocenters. The number of nitrogens with zero attached hydrogens (tertiary/aromatic N) is 3. The van der Waals surface area contributed by atoms with Gasteiger partial charge in [-0.05, 0) is 107 Å². The van der Waals surface area contributed by atoms with Crippen molar-refractivity contribution in [1.29, 1.82) is 0 Å². The zero-order chi connectivity index (χ0) is 37.0. The van der Waals surface area contributed by atoms with Gasteiger partial charge in [0.25, 0.3) is 0 Å². The minimum Gasteiger partial charge on any atom is -0.208 e. The van der Waals surface area contributed by atoms with Gasteiger partial charge < -0.3 is 0 Å². The third-order valence-corrected chi connectivity index (χ3v) is 11.4. The van der Waals surface area contributed by atoms with E-state index >= 15 is 0 Å². The highest BCUT2D eigenvalue weighted by atomic mass is 15.0. The molecule has 0 atom stereocenters. The average Bonchev–Trinajstić information content (AvgIpc) is 3.29. The van der Waals surface area contributed by atoms with Gasteiger partial charge in [0, 0.05) is 16.7 Å². The van der Waals surface area contributed by atoms with E-state index in [0.717, 1.165) is 34.9 Å². The minimum absolute atomic E-state index is 0.655. The Morgan fingerprint density at radius 3 is 1.57 bits per heavy atom. The standard InChI is InChI=1S/C53H35N3/c1-3-15-34(16-4-1)36-19-13-20-38(31-36)52-54-51(35-17-5-2-6-18-35)55-53(56-52)47-28-14-27-45-42-24-9-11-25-43(42)48(33-50(45)47)37-29-30-46-41-23-8-7-21-39(41)40-22-10-12-26-44(40)49(46)32-37/h1-3,5-15,17-33H,4,16H2. The Morgan fingerprint density at radius 2 is 0.857 bits per heavy atom. The van der Waals surface area contributed by atoms with Crippen molar-refractivity contribution >= 4 is 59.4 Å². The molecule has 0 N–H and O–H groups in total. The molecule has 0 saturated carbocycles. The first-order valence-electron chi connectivity index (χ1n) is 19.3. The van der Waals surface area contributed by atoms with Gasteiger partial charge in [-0.2, -0.15) is 0 Å². The van der Waals surface area contributed by atoms with Crippen LogP contribution in [0.5, 0.6) is 0 Å². The number of rotatable bonds is 5. The Balaban J connectivity index is 1.15. The fraction of sp³-hybridized carbons (Fsp3) is 0.0377. The number of fused-ring (bicyclic) bond motifs is 9. The highest BCUT2D eigenvalue weighted by molar-refractivity contribution is 6.26. The van der Waals surface area contributed by atoms with Crippen LogP contribution in [0, 0.1) is 0 Å². The molecule has 0 amide bonds. The molecule has 10 aromatic rings. The SMILES string of the molecule is C1=CCCC(c2cccc(-c3nc(-c4ccccc4)nc(-c4cccc5c4cc(-c4ccc6c7ccccc7c7ccccc7c6c4)c4ccccc45)n3)c2)=C1. The van der Waals surface area contributed by atoms with E-state index in [9.17, 15) is 0 Å². The van der Waals surface area contributed by atoms with Crippen molar-refractivity contribution in [2.24, 2.45) is 0 Å². The molecule has 9 aromatic carbocycles. The second kappa shape index (κ2) is 13.3. The van der Waals surface area contributed by atoms with Crippen LogP contribution in [0.25, 0.3) is 105 Å². The molecule has 3 nitrogen and oxygen atoms in total. The van der Waals surface area contributed by atoms with Gasteiger partial charge in [-0.15, -0.1) is 0 Å². The van der Waals surface area contributed by atoms with E-state index in [2.05, 4.69) is 170 Å². The number of benzene rings is 9. The summed E-state index contributed by atoms with van der Waals surface area (Å²) in [6.45, 7) is 0. The molecule has 56 heavy (non-hydrogen) atoms. The average molecular weight is 714 g/mol. The van der Waals surface area contributed by atoms with Crippen molar-refractivity contribution in [3.05, 3.63) is 194 Å². The van der Waals surface area contributed by atoms with Crippen LogP contribution in [0.3, 0.4) is 0 Å². The van der Waals surface area contributed by atoms with Crippen molar-refractivity contribution < 1.29 is 0 Å². The first-order valence-corrected chi connectivity index (χ1v) is 19.3. The predicted octanol–water partition coefficient (Wildman–Crippen LogP) is 14.0. The molecule has 0 aliphatic heterocycles. The second-order valence-corrected chi connectivity index (χ2v) is 14.6. The zero-order valence-electron chi connectivity index (χ0n) is 30.7. The Morgan fingerprint density at radius 1 is 0.321 bits per heavy atom. The normalized spacial score (nSPS) is 12.9. The number of aromatic nitrogens is 3. The van der Waals surface area contributed by atoms with E-state index in [1.165, 1.54) is 70.7 Å². The highest BCUT2D eigenvalue weighted by Crippen LogP contribution is 2.42. The van der Waals surface area contributed by atoms with Crippen LogP contribution in [0.1, 0.15) is 18.4 Å². The molecule has 0 fully saturated rings. The summed E-state index contributed by atoms with van der Waals surface area (Å²) in [6.07, 6.45) is 8.67. The molecular weight excluding hydrogens is 679 g/mol. The molecule has 0 spiro atoms. The van der Waals surface area contributed by atoms with Crippen LogP contribution >= 0.6 is 0 Å². The van der Waals surface area contributed by atoms with Crippen LogP contribution in [0.2, 0.25) is 0 Å². The summed E-state index contributed by atoms with van der Waals surface area (Å²) < 4.78 is 0. The van der Waals surface area contributed by atoms with E-state index < -0.39 is 0 Å². The Kier molecular flexibility index (Phi) is 7.63. The number of hydrogen-bond acceptors (Lipinski definition) is 3. The van der Waals surface area contributed by atoms with E-state index in [1.54, 1.807) is 0 Å². The van der Waals surface area contributed by atoms with Gasteiger partial charge in [0.1, 0.15) is 0 Å². The van der Waals surface area contributed by atoms with E-state index in [0.29, 0.717) is 17.5 Å². The van der Waals surface area contributed by atoms with Crippen LogP contribution < -0.4 is 0 Å². The van der Waals surface area contributed by atoms with Crippen molar-refractivity contribution in [2.75, 3.05) is 0 Å².